The van der Waals surface area contributed by atoms with E-state index in [2.05, 4.69) is 21.8 Å². The minimum Gasteiger partial charge on any atom is -0.357 e. The molecule has 0 aliphatic carbocycles. The first-order valence-corrected chi connectivity index (χ1v) is 5.47. The number of hydrogen-bond donors (Lipinski definition) is 0. The molecule has 1 saturated heterocycles. The Hall–Kier alpha value is -1.12. The molecule has 3 nitrogen and oxygen atoms in total. The van der Waals surface area contributed by atoms with Crippen LogP contribution in [0.2, 0.25) is 0 Å². The van der Waals surface area contributed by atoms with Crippen molar-refractivity contribution in [3.63, 3.8) is 0 Å². The van der Waals surface area contributed by atoms with Crippen LogP contribution in [-0.4, -0.2) is 23.1 Å². The summed E-state index contributed by atoms with van der Waals surface area (Å²) < 4.78 is 0. The molecule has 0 saturated carbocycles. The van der Waals surface area contributed by atoms with Gasteiger partial charge in [-0.2, -0.15) is 0 Å². The van der Waals surface area contributed by atoms with Crippen molar-refractivity contribution in [2.75, 3.05) is 18.0 Å². The Bertz CT molecular complexity index is 292. The van der Waals surface area contributed by atoms with Crippen molar-refractivity contribution in [3.8, 4) is 0 Å². The van der Waals surface area contributed by atoms with Gasteiger partial charge >= 0.3 is 0 Å². The quantitative estimate of drug-likeness (QED) is 0.716. The minimum absolute atomic E-state index is 0.918. The average molecular weight is 191 g/mol. The normalized spacial score (nSPS) is 17.1. The van der Waals surface area contributed by atoms with Gasteiger partial charge in [0.2, 0.25) is 0 Å². The number of hydrogen-bond acceptors (Lipinski definition) is 3. The summed E-state index contributed by atoms with van der Waals surface area (Å²) in [5.41, 5.74) is 0. The maximum atomic E-state index is 4.53. The van der Waals surface area contributed by atoms with Crippen LogP contribution in [0, 0.1) is 0 Å². The molecule has 0 amide bonds. The van der Waals surface area contributed by atoms with Gasteiger partial charge in [-0.1, -0.05) is 6.92 Å². The van der Waals surface area contributed by atoms with Crippen molar-refractivity contribution in [2.24, 2.45) is 0 Å². The lowest BCUT2D eigenvalue weighted by atomic mass is 10.1. The molecular formula is C11H17N3. The molecule has 1 aromatic rings. The Morgan fingerprint density at radius 3 is 2.79 bits per heavy atom. The zero-order valence-corrected chi connectivity index (χ0v) is 8.74. The third kappa shape index (κ3) is 2.03. The van der Waals surface area contributed by atoms with E-state index in [0.29, 0.717) is 0 Å². The van der Waals surface area contributed by atoms with Crippen LogP contribution in [0.4, 0.5) is 5.82 Å². The second kappa shape index (κ2) is 4.40. The van der Waals surface area contributed by atoms with Gasteiger partial charge in [-0.25, -0.2) is 9.97 Å². The zero-order valence-electron chi connectivity index (χ0n) is 8.74. The molecule has 0 bridgehead atoms. The molecule has 2 rings (SSSR count). The standard InChI is InChI=1S/C11H17N3/c1-2-10-12-7-6-11(13-10)14-8-4-3-5-9-14/h6-7H,2-5,8-9H2,1H3. The first-order chi connectivity index (χ1) is 6.90. The minimum atomic E-state index is 0.918. The predicted octanol–water partition coefficient (Wildman–Crippen LogP) is 2.03. The highest BCUT2D eigenvalue weighted by Gasteiger charge is 2.11. The summed E-state index contributed by atoms with van der Waals surface area (Å²) >= 11 is 0. The number of nitrogens with zero attached hydrogens (tertiary/aromatic N) is 3. The van der Waals surface area contributed by atoms with Crippen LogP contribution < -0.4 is 4.90 Å². The van der Waals surface area contributed by atoms with Crippen molar-refractivity contribution in [3.05, 3.63) is 18.1 Å². The third-order valence-electron chi connectivity index (χ3n) is 2.69. The van der Waals surface area contributed by atoms with Crippen LogP contribution in [0.15, 0.2) is 12.3 Å². The molecule has 2 heterocycles. The topological polar surface area (TPSA) is 29.0 Å². The van der Waals surface area contributed by atoms with Crippen LogP contribution in [0.25, 0.3) is 0 Å². The summed E-state index contributed by atoms with van der Waals surface area (Å²) in [5, 5.41) is 0. The number of piperidine rings is 1. The second-order valence-electron chi connectivity index (χ2n) is 3.73. The molecule has 0 radical (unpaired) electrons. The van der Waals surface area contributed by atoms with E-state index in [9.17, 15) is 0 Å². The molecule has 1 aromatic heterocycles. The lowest BCUT2D eigenvalue weighted by molar-refractivity contribution is 0.572. The molecule has 14 heavy (non-hydrogen) atoms. The van der Waals surface area contributed by atoms with Crippen LogP contribution >= 0.6 is 0 Å². The molecule has 0 unspecified atom stereocenters. The Morgan fingerprint density at radius 2 is 2.07 bits per heavy atom. The largest absolute Gasteiger partial charge is 0.357 e. The molecule has 0 aromatic carbocycles. The summed E-state index contributed by atoms with van der Waals surface area (Å²) in [6.45, 7) is 4.40. The van der Waals surface area contributed by atoms with Gasteiger partial charge < -0.3 is 4.90 Å². The van der Waals surface area contributed by atoms with E-state index in [1.165, 1.54) is 19.3 Å². The number of aromatic nitrogens is 2. The van der Waals surface area contributed by atoms with E-state index in [1.54, 1.807) is 0 Å². The Labute approximate surface area is 85.2 Å². The van der Waals surface area contributed by atoms with Crippen LogP contribution in [0.3, 0.4) is 0 Å². The molecule has 0 N–H and O–H groups in total. The van der Waals surface area contributed by atoms with Gasteiger partial charge in [0.25, 0.3) is 0 Å². The average Bonchev–Trinajstić information content (AvgIpc) is 2.30. The maximum Gasteiger partial charge on any atom is 0.132 e. The van der Waals surface area contributed by atoms with Gasteiger partial charge in [0.05, 0.1) is 0 Å². The zero-order chi connectivity index (χ0) is 9.80. The molecule has 0 atom stereocenters. The fourth-order valence-electron chi connectivity index (χ4n) is 1.86. The van der Waals surface area contributed by atoms with Gasteiger partial charge in [0.1, 0.15) is 11.6 Å². The molecular weight excluding hydrogens is 174 g/mol. The van der Waals surface area contributed by atoms with E-state index >= 15 is 0 Å². The van der Waals surface area contributed by atoms with Gasteiger partial charge in [0, 0.05) is 25.7 Å². The molecule has 1 aliphatic heterocycles. The van der Waals surface area contributed by atoms with Crippen molar-refractivity contribution in [2.45, 2.75) is 32.6 Å². The fourth-order valence-corrected chi connectivity index (χ4v) is 1.86. The Balaban J connectivity index is 2.13. The number of anilines is 1. The first kappa shape index (κ1) is 9.44. The Kier molecular flexibility index (Phi) is 2.96. The van der Waals surface area contributed by atoms with Gasteiger partial charge in [0.15, 0.2) is 0 Å². The van der Waals surface area contributed by atoms with Crippen molar-refractivity contribution < 1.29 is 0 Å². The number of aryl methyl sites for hydroxylation is 1. The van der Waals surface area contributed by atoms with Crippen molar-refractivity contribution in [1.29, 1.82) is 0 Å². The summed E-state index contributed by atoms with van der Waals surface area (Å²) in [7, 11) is 0. The fraction of sp³-hybridized carbons (Fsp3) is 0.636. The summed E-state index contributed by atoms with van der Waals surface area (Å²) in [4.78, 5) is 11.1. The predicted molar refractivity (Wildman–Crippen MR) is 57.5 cm³/mol. The highest BCUT2D eigenvalue weighted by atomic mass is 15.2. The van der Waals surface area contributed by atoms with Crippen LogP contribution in [0.5, 0.6) is 0 Å². The summed E-state index contributed by atoms with van der Waals surface area (Å²) in [6.07, 6.45) is 6.75. The lowest BCUT2D eigenvalue weighted by Crippen LogP contribution is -2.30. The smallest absolute Gasteiger partial charge is 0.132 e. The maximum absolute atomic E-state index is 4.53. The summed E-state index contributed by atoms with van der Waals surface area (Å²) in [6, 6.07) is 2.02. The molecule has 3 heteroatoms. The van der Waals surface area contributed by atoms with Crippen LogP contribution in [-0.2, 0) is 6.42 Å². The summed E-state index contributed by atoms with van der Waals surface area (Å²) in [5.74, 6) is 2.06. The third-order valence-corrected chi connectivity index (χ3v) is 2.69. The van der Waals surface area contributed by atoms with Crippen molar-refractivity contribution >= 4 is 5.82 Å². The molecule has 76 valence electrons. The van der Waals surface area contributed by atoms with E-state index in [1.807, 2.05) is 12.3 Å². The van der Waals surface area contributed by atoms with Crippen LogP contribution in [0.1, 0.15) is 32.0 Å². The monoisotopic (exact) mass is 191 g/mol. The second-order valence-corrected chi connectivity index (χ2v) is 3.73. The SMILES string of the molecule is CCc1nccc(N2CCCCC2)n1. The first-order valence-electron chi connectivity index (χ1n) is 5.47. The van der Waals surface area contributed by atoms with E-state index in [-0.39, 0.29) is 0 Å². The van der Waals surface area contributed by atoms with Gasteiger partial charge in [-0.05, 0) is 25.3 Å². The van der Waals surface area contributed by atoms with E-state index in [0.717, 1.165) is 31.2 Å². The number of rotatable bonds is 2. The van der Waals surface area contributed by atoms with E-state index < -0.39 is 0 Å². The Morgan fingerprint density at radius 1 is 1.29 bits per heavy atom. The highest BCUT2D eigenvalue weighted by molar-refractivity contribution is 5.37. The van der Waals surface area contributed by atoms with Gasteiger partial charge in [-0.3, -0.25) is 0 Å². The highest BCUT2D eigenvalue weighted by Crippen LogP contribution is 2.16. The molecule has 1 fully saturated rings. The molecule has 1 aliphatic rings. The van der Waals surface area contributed by atoms with E-state index in [4.69, 9.17) is 0 Å². The molecule has 0 spiro atoms. The van der Waals surface area contributed by atoms with Gasteiger partial charge in [-0.15, -0.1) is 0 Å². The van der Waals surface area contributed by atoms with Crippen molar-refractivity contribution in [1.82, 2.24) is 9.97 Å². The lowest BCUT2D eigenvalue weighted by Gasteiger charge is -2.27.